The Kier molecular flexibility index (Phi) is 4.21. The SMILES string of the molecule is Cc1cn(-c2c(F)cc3[nH]c(-c4cc(C#N)ccc4Cl)cc(=O)c3c2F)cn1. The third-order valence-electron chi connectivity index (χ3n) is 4.34. The highest BCUT2D eigenvalue weighted by atomic mass is 35.5. The Bertz CT molecular complexity index is 1350. The summed E-state index contributed by atoms with van der Waals surface area (Å²) in [5, 5.41) is 9.08. The highest BCUT2D eigenvalue weighted by Gasteiger charge is 2.19. The number of nitrogens with one attached hydrogen (secondary N) is 1. The number of fused-ring (bicyclic) bond motifs is 1. The van der Waals surface area contributed by atoms with Gasteiger partial charge in [-0.3, -0.25) is 4.79 Å². The largest absolute Gasteiger partial charge is 0.354 e. The number of pyridine rings is 1. The molecule has 138 valence electrons. The lowest BCUT2D eigenvalue weighted by molar-refractivity contribution is 0.577. The fourth-order valence-electron chi connectivity index (χ4n) is 3.06. The first-order valence-electron chi connectivity index (χ1n) is 8.15. The maximum atomic E-state index is 15.0. The molecule has 0 aliphatic carbocycles. The second-order valence-corrected chi connectivity index (χ2v) is 6.63. The van der Waals surface area contributed by atoms with Crippen LogP contribution in [0.2, 0.25) is 5.02 Å². The molecule has 5 nitrogen and oxygen atoms in total. The molecule has 4 aromatic rings. The Morgan fingerprint density at radius 2 is 2.04 bits per heavy atom. The van der Waals surface area contributed by atoms with E-state index in [0.29, 0.717) is 21.8 Å². The lowest BCUT2D eigenvalue weighted by Crippen LogP contribution is -2.10. The first kappa shape index (κ1) is 17.9. The minimum Gasteiger partial charge on any atom is -0.354 e. The van der Waals surface area contributed by atoms with Gasteiger partial charge >= 0.3 is 0 Å². The van der Waals surface area contributed by atoms with E-state index in [1.54, 1.807) is 6.92 Å². The van der Waals surface area contributed by atoms with Crippen LogP contribution in [0, 0.1) is 29.9 Å². The van der Waals surface area contributed by atoms with Crippen molar-refractivity contribution in [3.05, 3.63) is 81.0 Å². The normalized spacial score (nSPS) is 11.0. The predicted octanol–water partition coefficient (Wildman–Crippen LogP) is 4.49. The third kappa shape index (κ3) is 2.84. The van der Waals surface area contributed by atoms with Crippen molar-refractivity contribution in [1.29, 1.82) is 5.26 Å². The monoisotopic (exact) mass is 396 g/mol. The lowest BCUT2D eigenvalue weighted by atomic mass is 10.1. The highest BCUT2D eigenvalue weighted by Crippen LogP contribution is 2.30. The van der Waals surface area contributed by atoms with Crippen LogP contribution in [0.15, 0.2) is 47.7 Å². The standard InChI is InChI=1S/C20H11ClF2N4O/c1-10-8-27(9-25-10)20-14(22)5-16-18(19(20)23)17(28)6-15(26-16)12-4-11(7-24)2-3-13(12)21/h2-6,8-9H,1H3,(H,26,28). The molecule has 0 aliphatic rings. The first-order valence-corrected chi connectivity index (χ1v) is 8.53. The van der Waals surface area contributed by atoms with Gasteiger partial charge in [-0.15, -0.1) is 0 Å². The van der Waals surface area contributed by atoms with Crippen molar-refractivity contribution in [3.63, 3.8) is 0 Å². The van der Waals surface area contributed by atoms with Crippen molar-refractivity contribution in [2.75, 3.05) is 0 Å². The molecule has 1 N–H and O–H groups in total. The van der Waals surface area contributed by atoms with Gasteiger partial charge in [0.05, 0.1) is 40.3 Å². The number of imidazole rings is 1. The number of aromatic nitrogens is 3. The summed E-state index contributed by atoms with van der Waals surface area (Å²) < 4.78 is 30.9. The van der Waals surface area contributed by atoms with Crippen LogP contribution >= 0.6 is 11.6 Å². The zero-order valence-electron chi connectivity index (χ0n) is 14.4. The molecule has 4 rings (SSSR count). The lowest BCUT2D eigenvalue weighted by Gasteiger charge is -2.11. The number of rotatable bonds is 2. The van der Waals surface area contributed by atoms with Crippen molar-refractivity contribution >= 4 is 22.5 Å². The number of halogens is 3. The Hall–Kier alpha value is -3.50. The van der Waals surface area contributed by atoms with E-state index in [4.69, 9.17) is 16.9 Å². The van der Waals surface area contributed by atoms with Crippen molar-refractivity contribution < 1.29 is 8.78 Å². The topological polar surface area (TPSA) is 74.5 Å². The molecular weight excluding hydrogens is 386 g/mol. The van der Waals surface area contributed by atoms with Gasteiger partial charge in [0.25, 0.3) is 0 Å². The zero-order chi connectivity index (χ0) is 20.0. The number of aryl methyl sites for hydroxylation is 1. The number of benzene rings is 2. The average Bonchev–Trinajstić information content (AvgIpc) is 3.07. The molecule has 0 amide bonds. The Balaban J connectivity index is 1.99. The molecular formula is C20H11ClF2N4O. The fraction of sp³-hybridized carbons (Fsp3) is 0.0500. The number of hydrogen-bond donors (Lipinski definition) is 1. The highest BCUT2D eigenvalue weighted by molar-refractivity contribution is 6.33. The molecule has 0 bridgehead atoms. The van der Waals surface area contributed by atoms with E-state index in [0.717, 1.165) is 6.07 Å². The third-order valence-corrected chi connectivity index (χ3v) is 4.67. The molecule has 2 aromatic carbocycles. The van der Waals surface area contributed by atoms with Gasteiger partial charge in [0.15, 0.2) is 17.1 Å². The summed E-state index contributed by atoms with van der Waals surface area (Å²) in [4.78, 5) is 19.4. The van der Waals surface area contributed by atoms with E-state index < -0.39 is 17.1 Å². The van der Waals surface area contributed by atoms with Crippen LogP contribution in [0.3, 0.4) is 0 Å². The van der Waals surface area contributed by atoms with Gasteiger partial charge in [-0.1, -0.05) is 11.6 Å². The molecule has 8 heteroatoms. The Morgan fingerprint density at radius 3 is 2.71 bits per heavy atom. The number of nitriles is 1. The van der Waals surface area contributed by atoms with Gasteiger partial charge in [-0.25, -0.2) is 13.8 Å². The molecule has 0 unspecified atom stereocenters. The smallest absolute Gasteiger partial charge is 0.193 e. The predicted molar refractivity (Wildman–Crippen MR) is 102 cm³/mol. The second kappa shape index (κ2) is 6.59. The molecule has 2 heterocycles. The molecule has 0 saturated carbocycles. The van der Waals surface area contributed by atoms with Crippen molar-refractivity contribution in [2.45, 2.75) is 6.92 Å². The van der Waals surface area contributed by atoms with Gasteiger partial charge < -0.3 is 9.55 Å². The van der Waals surface area contributed by atoms with Crippen LogP contribution in [0.25, 0.3) is 27.8 Å². The fourth-order valence-corrected chi connectivity index (χ4v) is 3.28. The zero-order valence-corrected chi connectivity index (χ0v) is 15.2. The van der Waals surface area contributed by atoms with E-state index in [1.807, 2.05) is 6.07 Å². The summed E-state index contributed by atoms with van der Waals surface area (Å²) in [5.41, 5.74) is 0.517. The molecule has 28 heavy (non-hydrogen) atoms. The summed E-state index contributed by atoms with van der Waals surface area (Å²) in [6.45, 7) is 1.69. The summed E-state index contributed by atoms with van der Waals surface area (Å²) in [6, 6.07) is 8.75. The second-order valence-electron chi connectivity index (χ2n) is 6.22. The quantitative estimate of drug-likeness (QED) is 0.542. The molecule has 0 aliphatic heterocycles. The maximum absolute atomic E-state index is 15.0. The van der Waals surface area contributed by atoms with Gasteiger partial charge in [0.1, 0.15) is 5.69 Å². The van der Waals surface area contributed by atoms with Gasteiger partial charge in [0.2, 0.25) is 0 Å². The minimum absolute atomic E-state index is 0.0171. The van der Waals surface area contributed by atoms with Crippen LogP contribution in [0.1, 0.15) is 11.3 Å². The molecule has 0 saturated heterocycles. The van der Waals surface area contributed by atoms with E-state index >= 15 is 4.39 Å². The van der Waals surface area contributed by atoms with E-state index in [2.05, 4.69) is 9.97 Å². The molecule has 0 fully saturated rings. The molecule has 2 aromatic heterocycles. The van der Waals surface area contributed by atoms with E-state index in [1.165, 1.54) is 41.4 Å². The molecule has 0 spiro atoms. The summed E-state index contributed by atoms with van der Waals surface area (Å²) in [6.07, 6.45) is 2.74. The number of nitrogens with zero attached hydrogens (tertiary/aromatic N) is 3. The number of aromatic amines is 1. The summed E-state index contributed by atoms with van der Waals surface area (Å²) in [5.74, 6) is -1.84. The van der Waals surface area contributed by atoms with Gasteiger partial charge in [0, 0.05) is 28.9 Å². The van der Waals surface area contributed by atoms with Gasteiger partial charge in [-0.05, 0) is 25.1 Å². The number of H-pyrrole nitrogens is 1. The van der Waals surface area contributed by atoms with Crippen LogP contribution < -0.4 is 5.43 Å². The summed E-state index contributed by atoms with van der Waals surface area (Å²) in [7, 11) is 0. The average molecular weight is 397 g/mol. The first-order chi connectivity index (χ1) is 13.4. The van der Waals surface area contributed by atoms with Crippen molar-refractivity contribution in [2.24, 2.45) is 0 Å². The Labute approximate surface area is 162 Å². The summed E-state index contributed by atoms with van der Waals surface area (Å²) >= 11 is 6.17. The van der Waals surface area contributed by atoms with Crippen LogP contribution in [-0.4, -0.2) is 14.5 Å². The van der Waals surface area contributed by atoms with Crippen LogP contribution in [-0.2, 0) is 0 Å². The van der Waals surface area contributed by atoms with Crippen molar-refractivity contribution in [1.82, 2.24) is 14.5 Å². The maximum Gasteiger partial charge on any atom is 0.193 e. The van der Waals surface area contributed by atoms with Gasteiger partial charge in [-0.2, -0.15) is 5.26 Å². The molecule has 0 radical (unpaired) electrons. The van der Waals surface area contributed by atoms with E-state index in [9.17, 15) is 9.18 Å². The molecule has 0 atom stereocenters. The van der Waals surface area contributed by atoms with E-state index in [-0.39, 0.29) is 22.3 Å². The van der Waals surface area contributed by atoms with Crippen LogP contribution in [0.4, 0.5) is 8.78 Å². The van der Waals surface area contributed by atoms with Crippen LogP contribution in [0.5, 0.6) is 0 Å². The minimum atomic E-state index is -0.989. The Morgan fingerprint density at radius 1 is 1.25 bits per heavy atom. The van der Waals surface area contributed by atoms with Crippen molar-refractivity contribution in [3.8, 4) is 23.0 Å². The number of hydrogen-bond acceptors (Lipinski definition) is 3.